The van der Waals surface area contributed by atoms with Crippen molar-refractivity contribution in [3.8, 4) is 5.75 Å². The summed E-state index contributed by atoms with van der Waals surface area (Å²) in [7, 11) is 1.61. The van der Waals surface area contributed by atoms with Gasteiger partial charge in [-0.3, -0.25) is 4.79 Å². The van der Waals surface area contributed by atoms with Crippen molar-refractivity contribution in [2.24, 2.45) is 5.73 Å². The first-order chi connectivity index (χ1) is 11.4. The molecule has 1 rings (SSSR count). The molecule has 0 saturated heterocycles. The van der Waals surface area contributed by atoms with Crippen LogP contribution in [0.4, 0.5) is 5.69 Å². The molecule has 1 unspecified atom stereocenters. The van der Waals surface area contributed by atoms with Crippen LogP contribution in [-0.2, 0) is 16.0 Å². The number of esters is 1. The van der Waals surface area contributed by atoms with E-state index in [0.29, 0.717) is 31.3 Å². The summed E-state index contributed by atoms with van der Waals surface area (Å²) in [6, 6.07) is 5.01. The lowest BCUT2D eigenvalue weighted by Crippen LogP contribution is -2.35. The standard InChI is InChI=1S/C17H26Cl2N2O3.ClH/c1-12(2)24-17(22)14(20)10-13-4-5-16(23-3)15(11-13)21(8-6-18)9-7-19;/h4-5,11-12,14H,6-10,20H2,1-3H3;1H. The third-order valence-electron chi connectivity index (χ3n) is 3.40. The van der Waals surface area contributed by atoms with Crippen molar-refractivity contribution in [2.75, 3.05) is 36.9 Å². The third-order valence-corrected chi connectivity index (χ3v) is 3.74. The normalized spacial score (nSPS) is 11.6. The number of rotatable bonds is 10. The molecule has 0 aliphatic heterocycles. The lowest BCUT2D eigenvalue weighted by Gasteiger charge is -2.25. The Bertz CT molecular complexity index is 524. The number of anilines is 1. The van der Waals surface area contributed by atoms with Crippen molar-refractivity contribution in [3.05, 3.63) is 23.8 Å². The van der Waals surface area contributed by atoms with Gasteiger partial charge >= 0.3 is 5.97 Å². The zero-order valence-corrected chi connectivity index (χ0v) is 17.2. The second-order valence-corrected chi connectivity index (χ2v) is 6.42. The SMILES string of the molecule is COc1ccc(CC(N)C(=O)OC(C)C)cc1N(CCCl)CCCl.Cl. The monoisotopic (exact) mass is 412 g/mol. The van der Waals surface area contributed by atoms with E-state index in [2.05, 4.69) is 4.90 Å². The summed E-state index contributed by atoms with van der Waals surface area (Å²) in [6.07, 6.45) is 0.205. The van der Waals surface area contributed by atoms with Gasteiger partial charge in [0.1, 0.15) is 11.8 Å². The Morgan fingerprint density at radius 2 is 1.84 bits per heavy atom. The predicted molar refractivity (Wildman–Crippen MR) is 107 cm³/mol. The van der Waals surface area contributed by atoms with E-state index >= 15 is 0 Å². The van der Waals surface area contributed by atoms with Gasteiger partial charge in [0.05, 0.1) is 18.9 Å². The Balaban J connectivity index is 0.00000576. The van der Waals surface area contributed by atoms with Crippen LogP contribution in [0.5, 0.6) is 5.75 Å². The van der Waals surface area contributed by atoms with Crippen LogP contribution in [0.1, 0.15) is 19.4 Å². The number of halogens is 3. The van der Waals surface area contributed by atoms with Gasteiger partial charge in [0.2, 0.25) is 0 Å². The van der Waals surface area contributed by atoms with E-state index in [1.54, 1.807) is 21.0 Å². The highest BCUT2D eigenvalue weighted by atomic mass is 35.5. The van der Waals surface area contributed by atoms with E-state index < -0.39 is 12.0 Å². The number of methoxy groups -OCH3 is 1. The molecule has 1 aromatic carbocycles. The summed E-state index contributed by atoms with van der Waals surface area (Å²) in [6.45, 7) is 4.89. The fourth-order valence-corrected chi connectivity index (χ4v) is 2.73. The number of ether oxygens (including phenoxy) is 2. The van der Waals surface area contributed by atoms with Crippen LogP contribution in [0.15, 0.2) is 18.2 Å². The summed E-state index contributed by atoms with van der Waals surface area (Å²) in [5, 5.41) is 0. The number of carbonyl (C=O) groups is 1. The molecule has 5 nitrogen and oxygen atoms in total. The number of nitrogens with zero attached hydrogens (tertiary/aromatic N) is 1. The zero-order valence-electron chi connectivity index (χ0n) is 14.8. The fourth-order valence-electron chi connectivity index (χ4n) is 2.32. The Morgan fingerprint density at radius 3 is 2.32 bits per heavy atom. The van der Waals surface area contributed by atoms with Crippen LogP contribution >= 0.6 is 35.6 Å². The highest BCUT2D eigenvalue weighted by Gasteiger charge is 2.19. The lowest BCUT2D eigenvalue weighted by atomic mass is 10.0. The first kappa shape index (κ1) is 24.1. The maximum Gasteiger partial charge on any atom is 0.323 e. The average molecular weight is 414 g/mol. The lowest BCUT2D eigenvalue weighted by molar-refractivity contribution is -0.148. The van der Waals surface area contributed by atoms with Gasteiger partial charge in [0.25, 0.3) is 0 Å². The highest BCUT2D eigenvalue weighted by Crippen LogP contribution is 2.30. The third kappa shape index (κ3) is 7.90. The summed E-state index contributed by atoms with van der Waals surface area (Å²) in [4.78, 5) is 13.9. The van der Waals surface area contributed by atoms with Crippen LogP contribution in [0, 0.1) is 0 Å². The number of hydrogen-bond acceptors (Lipinski definition) is 5. The molecule has 0 bridgehead atoms. The van der Waals surface area contributed by atoms with Gasteiger partial charge in [-0.25, -0.2) is 0 Å². The minimum absolute atomic E-state index is 0. The van der Waals surface area contributed by atoms with E-state index in [4.69, 9.17) is 38.4 Å². The van der Waals surface area contributed by atoms with Crippen LogP contribution in [0.25, 0.3) is 0 Å². The van der Waals surface area contributed by atoms with Gasteiger partial charge < -0.3 is 20.1 Å². The van der Waals surface area contributed by atoms with Crippen molar-refractivity contribution >= 4 is 47.3 Å². The van der Waals surface area contributed by atoms with E-state index in [0.717, 1.165) is 17.0 Å². The zero-order chi connectivity index (χ0) is 18.1. The first-order valence-electron chi connectivity index (χ1n) is 7.92. The van der Waals surface area contributed by atoms with Gasteiger partial charge in [-0.1, -0.05) is 6.07 Å². The molecule has 2 N–H and O–H groups in total. The smallest absolute Gasteiger partial charge is 0.323 e. The summed E-state index contributed by atoms with van der Waals surface area (Å²) in [5.41, 5.74) is 7.76. The Kier molecular flexibility index (Phi) is 12.0. The maximum absolute atomic E-state index is 11.9. The molecule has 1 atom stereocenters. The molecular formula is C17H27Cl3N2O3. The van der Waals surface area contributed by atoms with Gasteiger partial charge in [-0.05, 0) is 38.0 Å². The quantitative estimate of drug-likeness (QED) is 0.471. The second-order valence-electron chi connectivity index (χ2n) is 5.67. The van der Waals surface area contributed by atoms with Gasteiger partial charge in [-0.2, -0.15) is 0 Å². The number of alkyl halides is 2. The topological polar surface area (TPSA) is 64.8 Å². The van der Waals surface area contributed by atoms with E-state index in [1.807, 2.05) is 18.2 Å². The van der Waals surface area contributed by atoms with Gasteiger partial charge in [0, 0.05) is 24.8 Å². The van der Waals surface area contributed by atoms with E-state index in [9.17, 15) is 4.79 Å². The molecule has 0 radical (unpaired) electrons. The summed E-state index contributed by atoms with van der Waals surface area (Å²) in [5.74, 6) is 1.28. The van der Waals surface area contributed by atoms with Crippen molar-refractivity contribution in [2.45, 2.75) is 32.4 Å². The molecule has 0 aliphatic carbocycles. The molecule has 8 heteroatoms. The first-order valence-corrected chi connectivity index (χ1v) is 8.99. The molecule has 0 aromatic heterocycles. The van der Waals surface area contributed by atoms with Crippen LogP contribution < -0.4 is 15.4 Å². The summed E-state index contributed by atoms with van der Waals surface area (Å²) >= 11 is 11.8. The second kappa shape index (κ2) is 12.5. The molecular weight excluding hydrogens is 387 g/mol. The molecule has 25 heavy (non-hydrogen) atoms. The van der Waals surface area contributed by atoms with Crippen molar-refractivity contribution in [1.29, 1.82) is 0 Å². The van der Waals surface area contributed by atoms with Crippen molar-refractivity contribution < 1.29 is 14.3 Å². The average Bonchev–Trinajstić information content (AvgIpc) is 2.54. The molecule has 0 heterocycles. The maximum atomic E-state index is 11.9. The van der Waals surface area contributed by atoms with Crippen molar-refractivity contribution in [3.63, 3.8) is 0 Å². The van der Waals surface area contributed by atoms with E-state index in [-0.39, 0.29) is 18.5 Å². The number of benzene rings is 1. The number of hydrogen-bond donors (Lipinski definition) is 1. The minimum atomic E-state index is -0.705. The fraction of sp³-hybridized carbons (Fsp3) is 0.588. The molecule has 1 aromatic rings. The largest absolute Gasteiger partial charge is 0.495 e. The number of nitrogens with two attached hydrogens (primary N) is 1. The Labute approximate surface area is 166 Å². The Morgan fingerprint density at radius 1 is 1.24 bits per heavy atom. The molecule has 144 valence electrons. The van der Waals surface area contributed by atoms with Gasteiger partial charge in [0.15, 0.2) is 0 Å². The summed E-state index contributed by atoms with van der Waals surface area (Å²) < 4.78 is 10.6. The predicted octanol–water partition coefficient (Wildman–Crippen LogP) is 3.22. The van der Waals surface area contributed by atoms with Crippen molar-refractivity contribution in [1.82, 2.24) is 0 Å². The molecule has 0 saturated carbocycles. The van der Waals surface area contributed by atoms with E-state index in [1.165, 1.54) is 0 Å². The molecule has 0 aliphatic rings. The van der Waals surface area contributed by atoms with Crippen LogP contribution in [0.2, 0.25) is 0 Å². The van der Waals surface area contributed by atoms with Crippen LogP contribution in [-0.4, -0.2) is 50.1 Å². The Hall–Kier alpha value is -0.880. The molecule has 0 spiro atoms. The minimum Gasteiger partial charge on any atom is -0.495 e. The number of carbonyl (C=O) groups excluding carboxylic acids is 1. The highest BCUT2D eigenvalue weighted by molar-refractivity contribution is 6.18. The molecule has 0 amide bonds. The van der Waals surface area contributed by atoms with Crippen LogP contribution in [0.3, 0.4) is 0 Å². The molecule has 0 fully saturated rings. The van der Waals surface area contributed by atoms with Gasteiger partial charge in [-0.15, -0.1) is 35.6 Å².